The molecule has 0 saturated carbocycles. The van der Waals surface area contributed by atoms with Crippen LogP contribution in [-0.2, 0) is 10.1 Å². The number of unbranched alkanes of at least 4 members (excludes halogenated alkanes) is 7. The van der Waals surface area contributed by atoms with Crippen LogP contribution < -0.4 is 51.4 Å². The Kier molecular flexibility index (Phi) is 16.1. The molecule has 0 saturated heterocycles. The number of hydrogen-bond acceptors (Lipinski definition) is 3. The topological polar surface area (TPSA) is 57.2 Å². The van der Waals surface area contributed by atoms with E-state index >= 15 is 0 Å². The molecule has 7 heteroatoms. The molecule has 0 aromatic carbocycles. The van der Waals surface area contributed by atoms with Crippen LogP contribution >= 0.6 is 0 Å². The van der Waals surface area contributed by atoms with Crippen LogP contribution in [0, 0.1) is 0 Å². The fourth-order valence-electron chi connectivity index (χ4n) is 1.64. The molecule has 0 aromatic rings. The van der Waals surface area contributed by atoms with Gasteiger partial charge in [-0.2, -0.15) is 0 Å². The van der Waals surface area contributed by atoms with Gasteiger partial charge in [0.25, 0.3) is 0 Å². The maximum Gasteiger partial charge on any atom is 1.00 e. The molecular weight excluding hydrogens is 289 g/mol. The van der Waals surface area contributed by atoms with E-state index in [-0.39, 0.29) is 63.6 Å². The van der Waals surface area contributed by atoms with Crippen molar-refractivity contribution in [2.75, 3.05) is 5.75 Å². The van der Waals surface area contributed by atoms with Crippen LogP contribution in [0.15, 0.2) is 0 Å². The zero-order valence-electron chi connectivity index (χ0n) is 11.0. The molecule has 0 amide bonds. The molecule has 0 aromatic heterocycles. The summed E-state index contributed by atoms with van der Waals surface area (Å²) in [5.74, 6) is -0.276. The standard InChI is InChI=1S/C11H22F2O3S.K/c12-11(13)9-7-5-3-1-2-4-6-8-10-17(14,15)16;/h11H,1-10H2,(H,14,15,16);/q;+1/p-1. The van der Waals surface area contributed by atoms with Crippen LogP contribution in [0.3, 0.4) is 0 Å². The molecule has 0 heterocycles. The van der Waals surface area contributed by atoms with E-state index in [4.69, 9.17) is 0 Å². The van der Waals surface area contributed by atoms with Crippen molar-refractivity contribution in [3.05, 3.63) is 0 Å². The van der Waals surface area contributed by atoms with Gasteiger partial charge in [-0.1, -0.05) is 38.5 Å². The van der Waals surface area contributed by atoms with Gasteiger partial charge in [0.2, 0.25) is 6.43 Å². The summed E-state index contributed by atoms with van der Waals surface area (Å²) in [6.45, 7) is 0. The van der Waals surface area contributed by atoms with Gasteiger partial charge in [0.15, 0.2) is 0 Å². The van der Waals surface area contributed by atoms with Gasteiger partial charge in [0, 0.05) is 12.2 Å². The summed E-state index contributed by atoms with van der Waals surface area (Å²) in [7, 11) is -4.06. The molecule has 0 N–H and O–H groups in total. The van der Waals surface area contributed by atoms with Crippen LogP contribution in [0.25, 0.3) is 0 Å². The number of halogens is 2. The Morgan fingerprint density at radius 1 is 0.833 bits per heavy atom. The van der Waals surface area contributed by atoms with Crippen molar-refractivity contribution in [1.29, 1.82) is 0 Å². The maximum absolute atomic E-state index is 11.8. The Morgan fingerprint density at radius 2 is 1.22 bits per heavy atom. The van der Waals surface area contributed by atoms with Crippen molar-refractivity contribution in [3.63, 3.8) is 0 Å². The van der Waals surface area contributed by atoms with Crippen LogP contribution in [0.2, 0.25) is 0 Å². The summed E-state index contributed by atoms with van der Waals surface area (Å²) < 4.78 is 54.4. The number of rotatable bonds is 11. The van der Waals surface area contributed by atoms with Gasteiger partial charge in [-0.05, 0) is 12.8 Å². The Labute approximate surface area is 151 Å². The molecule has 104 valence electrons. The minimum absolute atomic E-state index is 0. The predicted molar refractivity (Wildman–Crippen MR) is 62.1 cm³/mol. The fraction of sp³-hybridized carbons (Fsp3) is 1.00. The minimum atomic E-state index is -4.06. The summed E-state index contributed by atoms with van der Waals surface area (Å²) in [6.07, 6.45) is 4.21. The van der Waals surface area contributed by atoms with Crippen molar-refractivity contribution >= 4 is 10.1 Å². The molecule has 3 nitrogen and oxygen atoms in total. The molecular formula is C11H21F2KO3S. The number of alkyl halides is 2. The Bertz CT molecular complexity index is 271. The van der Waals surface area contributed by atoms with E-state index in [0.29, 0.717) is 12.8 Å². The monoisotopic (exact) mass is 310 g/mol. The van der Waals surface area contributed by atoms with E-state index in [0.717, 1.165) is 38.5 Å². The van der Waals surface area contributed by atoms with Crippen LogP contribution in [0.5, 0.6) is 0 Å². The molecule has 0 bridgehead atoms. The second kappa shape index (κ2) is 13.4. The molecule has 0 unspecified atom stereocenters. The van der Waals surface area contributed by atoms with Gasteiger partial charge >= 0.3 is 51.4 Å². The summed E-state index contributed by atoms with van der Waals surface area (Å²) in [5, 5.41) is 0. The zero-order valence-corrected chi connectivity index (χ0v) is 15.0. The van der Waals surface area contributed by atoms with Crippen molar-refractivity contribution in [3.8, 4) is 0 Å². The van der Waals surface area contributed by atoms with Gasteiger partial charge in [0.1, 0.15) is 0 Å². The van der Waals surface area contributed by atoms with E-state index in [1.54, 1.807) is 0 Å². The van der Waals surface area contributed by atoms with E-state index in [2.05, 4.69) is 0 Å². The molecule has 0 atom stereocenters. The summed E-state index contributed by atoms with van der Waals surface area (Å²) >= 11 is 0. The van der Waals surface area contributed by atoms with Crippen LogP contribution in [-0.4, -0.2) is 25.1 Å². The average Bonchev–Trinajstić information content (AvgIpc) is 2.18. The first kappa shape index (κ1) is 21.7. The normalized spacial score (nSPS) is 11.6. The van der Waals surface area contributed by atoms with Crippen molar-refractivity contribution in [2.24, 2.45) is 0 Å². The zero-order chi connectivity index (χ0) is 13.1. The fourth-order valence-corrected chi connectivity index (χ4v) is 2.20. The molecule has 0 fully saturated rings. The smallest absolute Gasteiger partial charge is 0.748 e. The molecule has 0 aliphatic rings. The second-order valence-electron chi connectivity index (χ2n) is 4.27. The Balaban J connectivity index is 0. The number of hydrogen-bond donors (Lipinski definition) is 0. The molecule has 0 aliphatic heterocycles. The Hall–Kier alpha value is 1.41. The SMILES string of the molecule is O=S(=O)([O-])CCCCCCCCCCC(F)F.[K+]. The van der Waals surface area contributed by atoms with E-state index in [1.807, 2.05) is 0 Å². The largest absolute Gasteiger partial charge is 1.00 e. The first-order valence-electron chi connectivity index (χ1n) is 6.13. The van der Waals surface area contributed by atoms with E-state index in [1.165, 1.54) is 0 Å². The first-order chi connectivity index (χ1) is 7.92. The third kappa shape index (κ3) is 19.7. The first-order valence-corrected chi connectivity index (χ1v) is 7.71. The molecule has 0 spiro atoms. The van der Waals surface area contributed by atoms with Crippen molar-refractivity contribution in [2.45, 2.75) is 64.2 Å². The van der Waals surface area contributed by atoms with E-state index < -0.39 is 16.5 Å². The summed E-state index contributed by atoms with van der Waals surface area (Å²) in [5.41, 5.74) is 0. The third-order valence-electron chi connectivity index (χ3n) is 2.57. The quantitative estimate of drug-likeness (QED) is 0.313. The molecule has 18 heavy (non-hydrogen) atoms. The van der Waals surface area contributed by atoms with Crippen LogP contribution in [0.1, 0.15) is 57.8 Å². The van der Waals surface area contributed by atoms with Crippen molar-refractivity contribution in [1.82, 2.24) is 0 Å². The van der Waals surface area contributed by atoms with Crippen LogP contribution in [0.4, 0.5) is 8.78 Å². The summed E-state index contributed by atoms with van der Waals surface area (Å²) in [6, 6.07) is 0. The Morgan fingerprint density at radius 3 is 1.61 bits per heavy atom. The molecule has 0 aliphatic carbocycles. The van der Waals surface area contributed by atoms with Gasteiger partial charge in [-0.15, -0.1) is 0 Å². The van der Waals surface area contributed by atoms with Gasteiger partial charge < -0.3 is 4.55 Å². The predicted octanol–water partition coefficient (Wildman–Crippen LogP) is 0.312. The van der Waals surface area contributed by atoms with Crippen molar-refractivity contribution < 1.29 is 73.1 Å². The molecule has 0 rings (SSSR count). The maximum atomic E-state index is 11.8. The average molecular weight is 310 g/mol. The second-order valence-corrected chi connectivity index (χ2v) is 5.79. The summed E-state index contributed by atoms with van der Waals surface area (Å²) in [4.78, 5) is 0. The van der Waals surface area contributed by atoms with E-state index in [9.17, 15) is 21.8 Å². The van der Waals surface area contributed by atoms with Gasteiger partial charge in [0.05, 0.1) is 10.1 Å². The molecule has 0 radical (unpaired) electrons. The van der Waals surface area contributed by atoms with Gasteiger partial charge in [-0.25, -0.2) is 17.2 Å². The van der Waals surface area contributed by atoms with Gasteiger partial charge in [-0.3, -0.25) is 0 Å². The third-order valence-corrected chi connectivity index (χ3v) is 3.36. The minimum Gasteiger partial charge on any atom is -0.748 e.